The Labute approximate surface area is 271 Å². The fraction of sp³-hybridized carbons (Fsp3) is 0.333. The summed E-state index contributed by atoms with van der Waals surface area (Å²) in [5.41, 5.74) is 5.28. The SMILES string of the molecule is CCOP(=O)(OCC)c1c2cccc1Cc1cccc(c1O)Cc1cccc(c1P(=O)(OCC)OCC)Cc1cccc(c1O)C2. The number of para-hydroxylation sites is 2. The number of aromatic hydroxyl groups is 2. The average Bonchev–Trinajstić information content (AvgIpc) is 3.01. The van der Waals surface area contributed by atoms with Crippen molar-refractivity contribution in [2.45, 2.75) is 53.4 Å². The number of hydrogen-bond acceptors (Lipinski definition) is 8. The minimum Gasteiger partial charge on any atom is -0.507 e. The Morgan fingerprint density at radius 1 is 0.457 bits per heavy atom. The summed E-state index contributed by atoms with van der Waals surface area (Å²) in [6.07, 6.45) is 1.01. The first-order valence-electron chi connectivity index (χ1n) is 15.8. The molecule has 10 heteroatoms. The van der Waals surface area contributed by atoms with Crippen LogP contribution in [0.4, 0.5) is 0 Å². The van der Waals surface area contributed by atoms with Crippen molar-refractivity contribution in [3.05, 3.63) is 117 Å². The molecule has 0 amide bonds. The van der Waals surface area contributed by atoms with Gasteiger partial charge in [-0.2, -0.15) is 0 Å². The van der Waals surface area contributed by atoms with Gasteiger partial charge in [-0.15, -0.1) is 0 Å². The molecule has 0 spiro atoms. The Morgan fingerprint density at radius 2 is 0.674 bits per heavy atom. The molecular weight excluding hydrogens is 622 g/mol. The highest BCUT2D eigenvalue weighted by Gasteiger charge is 2.35. The smallest absolute Gasteiger partial charge is 0.361 e. The van der Waals surface area contributed by atoms with E-state index in [1.54, 1.807) is 27.7 Å². The third-order valence-electron chi connectivity index (χ3n) is 8.08. The lowest BCUT2D eigenvalue weighted by Crippen LogP contribution is -2.22. The Bertz CT molecular complexity index is 1570. The molecule has 8 bridgehead atoms. The molecule has 0 aromatic heterocycles. The molecule has 0 aliphatic heterocycles. The van der Waals surface area contributed by atoms with Crippen LogP contribution in [0.3, 0.4) is 0 Å². The number of phenols is 2. The molecule has 8 nitrogen and oxygen atoms in total. The Kier molecular flexibility index (Phi) is 10.9. The van der Waals surface area contributed by atoms with Gasteiger partial charge in [0.05, 0.1) is 37.0 Å². The van der Waals surface area contributed by atoms with Gasteiger partial charge in [-0.3, -0.25) is 9.13 Å². The van der Waals surface area contributed by atoms with Crippen LogP contribution in [-0.2, 0) is 52.9 Å². The highest BCUT2D eigenvalue weighted by atomic mass is 31.2. The molecule has 244 valence electrons. The average molecular weight is 665 g/mol. The second kappa shape index (κ2) is 14.7. The summed E-state index contributed by atoms with van der Waals surface area (Å²) in [6.45, 7) is 7.82. The monoisotopic (exact) mass is 664 g/mol. The van der Waals surface area contributed by atoms with Crippen molar-refractivity contribution in [1.82, 2.24) is 0 Å². The van der Waals surface area contributed by atoms with E-state index >= 15 is 0 Å². The number of benzene rings is 4. The lowest BCUT2D eigenvalue weighted by atomic mass is 9.92. The first-order valence-corrected chi connectivity index (χ1v) is 18.9. The van der Waals surface area contributed by atoms with Crippen molar-refractivity contribution < 1.29 is 37.4 Å². The quantitative estimate of drug-likeness (QED) is 0.147. The molecule has 0 saturated heterocycles. The topological polar surface area (TPSA) is 112 Å². The summed E-state index contributed by atoms with van der Waals surface area (Å²) in [7, 11) is -7.57. The number of fused-ring (bicyclic) bond motifs is 8. The molecule has 0 saturated carbocycles. The van der Waals surface area contributed by atoms with E-state index in [1.807, 2.05) is 72.8 Å². The molecule has 4 aromatic carbocycles. The number of rotatable bonds is 10. The Morgan fingerprint density at radius 3 is 0.891 bits per heavy atom. The van der Waals surface area contributed by atoms with Crippen LogP contribution >= 0.6 is 15.2 Å². The molecule has 1 aliphatic rings. The molecule has 0 heterocycles. The van der Waals surface area contributed by atoms with E-state index in [-0.39, 0.29) is 63.6 Å². The Balaban J connectivity index is 1.80. The van der Waals surface area contributed by atoms with Crippen molar-refractivity contribution in [3.63, 3.8) is 0 Å². The summed E-state index contributed by atoms with van der Waals surface area (Å²) < 4.78 is 52.3. The molecule has 0 unspecified atom stereocenters. The van der Waals surface area contributed by atoms with E-state index in [0.717, 1.165) is 0 Å². The van der Waals surface area contributed by atoms with Gasteiger partial charge in [0.25, 0.3) is 0 Å². The van der Waals surface area contributed by atoms with E-state index in [2.05, 4.69) is 0 Å². The van der Waals surface area contributed by atoms with Gasteiger partial charge in [0.15, 0.2) is 0 Å². The zero-order valence-corrected chi connectivity index (χ0v) is 28.6. The van der Waals surface area contributed by atoms with Crippen molar-refractivity contribution >= 4 is 25.8 Å². The van der Waals surface area contributed by atoms with Crippen molar-refractivity contribution in [2.75, 3.05) is 26.4 Å². The highest BCUT2D eigenvalue weighted by molar-refractivity contribution is 7.62. The minimum absolute atomic E-state index is 0.0930. The Hall–Kier alpha value is -3.22. The van der Waals surface area contributed by atoms with Crippen LogP contribution in [0.1, 0.15) is 72.2 Å². The zero-order valence-electron chi connectivity index (χ0n) is 26.8. The fourth-order valence-corrected chi connectivity index (χ4v) is 10.3. The van der Waals surface area contributed by atoms with Crippen molar-refractivity contribution in [2.24, 2.45) is 0 Å². The summed E-state index contributed by atoms with van der Waals surface area (Å²) >= 11 is 0. The van der Waals surface area contributed by atoms with E-state index in [1.165, 1.54) is 0 Å². The second-order valence-electron chi connectivity index (χ2n) is 11.1. The van der Waals surface area contributed by atoms with E-state index in [0.29, 0.717) is 55.1 Å². The maximum Gasteiger partial charge on any atom is 0.361 e. The van der Waals surface area contributed by atoms with Crippen LogP contribution < -0.4 is 10.6 Å². The zero-order chi connectivity index (χ0) is 32.9. The first kappa shape index (κ1) is 34.1. The molecule has 4 aromatic rings. The van der Waals surface area contributed by atoms with Crippen molar-refractivity contribution in [3.8, 4) is 11.5 Å². The molecule has 5 rings (SSSR count). The third-order valence-corrected chi connectivity index (χ3v) is 12.7. The summed E-state index contributed by atoms with van der Waals surface area (Å²) in [5.74, 6) is 0.186. The van der Waals surface area contributed by atoms with Crippen LogP contribution in [0.2, 0.25) is 0 Å². The largest absolute Gasteiger partial charge is 0.507 e. The number of hydrogen-bond donors (Lipinski definition) is 2. The summed E-state index contributed by atoms with van der Waals surface area (Å²) in [6, 6.07) is 22.4. The standard InChI is InChI=1S/C36H42O8P2/c1-5-41-45(39,42-6-2)35-29-17-11-18-30(35)22-26-14-10-16-28(34(26)38)24-32-20-12-19-31(36(32)46(40,43-7-3)44-8-4)23-27-15-9-13-25(21-29)33(27)37/h9-20,37-38H,5-8,21-24H2,1-4H3. The summed E-state index contributed by atoms with van der Waals surface area (Å²) in [5, 5.41) is 24.2. The molecular formula is C36H42O8P2. The molecule has 0 radical (unpaired) electrons. The predicted octanol–water partition coefficient (Wildman–Crippen LogP) is 7.56. The van der Waals surface area contributed by atoms with E-state index in [4.69, 9.17) is 18.1 Å². The maximum atomic E-state index is 14.4. The van der Waals surface area contributed by atoms with Gasteiger partial charge in [0, 0.05) is 25.7 Å². The van der Waals surface area contributed by atoms with Crippen molar-refractivity contribution in [1.29, 1.82) is 0 Å². The predicted molar refractivity (Wildman–Crippen MR) is 181 cm³/mol. The third kappa shape index (κ3) is 6.89. The minimum atomic E-state index is -3.79. The summed E-state index contributed by atoms with van der Waals surface area (Å²) in [4.78, 5) is 0. The lowest BCUT2D eigenvalue weighted by molar-refractivity contribution is 0.228. The van der Waals surface area contributed by atoms with Crippen LogP contribution in [0, 0.1) is 0 Å². The van der Waals surface area contributed by atoms with Gasteiger partial charge in [-0.1, -0.05) is 72.8 Å². The molecule has 1 aliphatic carbocycles. The van der Waals surface area contributed by atoms with Gasteiger partial charge < -0.3 is 28.3 Å². The maximum absolute atomic E-state index is 14.4. The highest BCUT2D eigenvalue weighted by Crippen LogP contribution is 2.51. The van der Waals surface area contributed by atoms with Crippen LogP contribution in [0.25, 0.3) is 0 Å². The van der Waals surface area contributed by atoms with Crippen LogP contribution in [0.5, 0.6) is 11.5 Å². The lowest BCUT2D eigenvalue weighted by Gasteiger charge is -2.25. The van der Waals surface area contributed by atoms with E-state index in [9.17, 15) is 19.3 Å². The first-order chi connectivity index (χ1) is 22.2. The van der Waals surface area contributed by atoms with Gasteiger partial charge in [-0.05, 0) is 72.2 Å². The molecule has 2 N–H and O–H groups in total. The van der Waals surface area contributed by atoms with Gasteiger partial charge in [0.2, 0.25) is 0 Å². The fourth-order valence-electron chi connectivity index (χ4n) is 6.26. The van der Waals surface area contributed by atoms with Crippen LogP contribution in [-0.4, -0.2) is 36.6 Å². The van der Waals surface area contributed by atoms with E-state index < -0.39 is 15.2 Å². The number of phenolic OH excluding ortho intramolecular Hbond substituents is 2. The molecule has 0 atom stereocenters. The van der Waals surface area contributed by atoms with Gasteiger partial charge >= 0.3 is 15.2 Å². The second-order valence-corrected chi connectivity index (χ2v) is 15.0. The van der Waals surface area contributed by atoms with Gasteiger partial charge in [-0.25, -0.2) is 0 Å². The normalized spacial score (nSPS) is 13.5. The molecule has 0 fully saturated rings. The van der Waals surface area contributed by atoms with Crippen LogP contribution in [0.15, 0.2) is 72.8 Å². The van der Waals surface area contributed by atoms with Gasteiger partial charge in [0.1, 0.15) is 11.5 Å². The molecule has 46 heavy (non-hydrogen) atoms.